The molecule has 1 saturated heterocycles. The van der Waals surface area contributed by atoms with Crippen LogP contribution in [0, 0.1) is 0 Å². The molecule has 0 saturated carbocycles. The highest BCUT2D eigenvalue weighted by atomic mass is 16.2. The van der Waals surface area contributed by atoms with Crippen molar-refractivity contribution < 1.29 is 9.59 Å². The fourth-order valence-corrected chi connectivity index (χ4v) is 2.98. The molecular weight excluding hydrogens is 256 g/mol. The maximum atomic E-state index is 12.4. The molecule has 0 spiro atoms. The van der Waals surface area contributed by atoms with E-state index in [1.807, 2.05) is 23.6 Å². The van der Waals surface area contributed by atoms with Crippen LogP contribution in [0.2, 0.25) is 0 Å². The van der Waals surface area contributed by atoms with Gasteiger partial charge in [-0.25, -0.2) is 14.6 Å². The molecule has 104 valence electrons. The lowest BCUT2D eigenvalue weighted by atomic mass is 10.0. The molecule has 0 aliphatic carbocycles. The van der Waals surface area contributed by atoms with Crippen LogP contribution in [-0.2, 0) is 4.79 Å². The van der Waals surface area contributed by atoms with Crippen molar-refractivity contribution in [2.24, 2.45) is 5.73 Å². The summed E-state index contributed by atoms with van der Waals surface area (Å²) in [6.45, 7) is 3.00. The number of hydrogen-bond donors (Lipinski definition) is 1. The Morgan fingerprint density at radius 1 is 1.45 bits per heavy atom. The van der Waals surface area contributed by atoms with Gasteiger partial charge >= 0.3 is 11.9 Å². The summed E-state index contributed by atoms with van der Waals surface area (Å²) in [7, 11) is 0. The number of carbonyl (C=O) groups excluding carboxylic acids is 2. The second-order valence-corrected chi connectivity index (χ2v) is 5.23. The molecule has 6 nitrogen and oxygen atoms in total. The number of nitrogens with two attached hydrogens (primary N) is 1. The van der Waals surface area contributed by atoms with Gasteiger partial charge in [-0.15, -0.1) is 0 Å². The maximum Gasteiger partial charge on any atom is 0.418 e. The number of hydrogen-bond acceptors (Lipinski definition) is 3. The molecule has 1 fully saturated rings. The Bertz CT molecular complexity index is 702. The van der Waals surface area contributed by atoms with E-state index in [1.54, 1.807) is 11.1 Å². The Hall–Kier alpha value is -2.24. The fourth-order valence-electron chi connectivity index (χ4n) is 2.98. The van der Waals surface area contributed by atoms with Crippen LogP contribution in [0.5, 0.6) is 0 Å². The maximum absolute atomic E-state index is 12.4. The van der Waals surface area contributed by atoms with Crippen LogP contribution in [0.25, 0.3) is 5.57 Å². The standard InChI is InChI=1S/C14H16N4O2/c1-9-12-11(3-2-6-16-12)18(13(9)19)10-4-7-17(8-5-10)14(15)20/h2-3,6,10H,4-5,7-8H2,1H3,(H-,15,20)/p+1. The van der Waals surface area contributed by atoms with E-state index in [0.717, 1.165) is 23.5 Å². The lowest BCUT2D eigenvalue weighted by Crippen LogP contribution is -2.51. The monoisotopic (exact) mass is 273 g/mol. The highest BCUT2D eigenvalue weighted by Crippen LogP contribution is 2.14. The van der Waals surface area contributed by atoms with E-state index in [9.17, 15) is 9.59 Å². The molecule has 1 aromatic heterocycles. The van der Waals surface area contributed by atoms with E-state index in [-0.39, 0.29) is 18.0 Å². The van der Waals surface area contributed by atoms with Crippen LogP contribution in [0.3, 0.4) is 0 Å². The van der Waals surface area contributed by atoms with Gasteiger partial charge in [0.25, 0.3) is 0 Å². The zero-order valence-corrected chi connectivity index (χ0v) is 11.4. The molecule has 0 aromatic carbocycles. The van der Waals surface area contributed by atoms with Crippen molar-refractivity contribution in [3.8, 4) is 0 Å². The van der Waals surface area contributed by atoms with E-state index in [1.165, 1.54) is 0 Å². The fraction of sp³-hybridized carbons (Fsp3) is 0.429. The number of carbonyl (C=O) groups is 2. The molecule has 2 aliphatic heterocycles. The number of piperidine rings is 1. The first kappa shape index (κ1) is 12.8. The number of fused-ring (bicyclic) bond motifs is 1. The topological polar surface area (TPSA) is 79.3 Å². The van der Waals surface area contributed by atoms with Gasteiger partial charge in [-0.3, -0.25) is 0 Å². The van der Waals surface area contributed by atoms with Crippen molar-refractivity contribution in [1.29, 1.82) is 0 Å². The van der Waals surface area contributed by atoms with Crippen molar-refractivity contribution in [2.45, 2.75) is 25.8 Å². The number of aromatic nitrogens is 1. The number of nitrogens with zero attached hydrogens (tertiary/aromatic N) is 3. The van der Waals surface area contributed by atoms with Gasteiger partial charge in [0, 0.05) is 38.2 Å². The second kappa shape index (κ2) is 4.70. The summed E-state index contributed by atoms with van der Waals surface area (Å²) < 4.78 is 1.83. The Morgan fingerprint density at radius 2 is 2.15 bits per heavy atom. The predicted octanol–water partition coefficient (Wildman–Crippen LogP) is -1.17. The molecule has 3 amide bonds. The average Bonchev–Trinajstić information content (AvgIpc) is 2.72. The zero-order chi connectivity index (χ0) is 14.3. The van der Waals surface area contributed by atoms with Crippen LogP contribution in [0.4, 0.5) is 4.79 Å². The normalized spacial score (nSPS) is 19.4. The third kappa shape index (κ3) is 1.88. The van der Waals surface area contributed by atoms with Gasteiger partial charge in [0.2, 0.25) is 5.36 Å². The predicted molar refractivity (Wildman–Crippen MR) is 73.0 cm³/mol. The molecule has 2 aliphatic rings. The Morgan fingerprint density at radius 3 is 2.80 bits per heavy atom. The molecule has 0 unspecified atom stereocenters. The Balaban J connectivity index is 1.97. The summed E-state index contributed by atoms with van der Waals surface area (Å²) in [6, 6.07) is 3.49. The van der Waals surface area contributed by atoms with E-state index in [0.29, 0.717) is 18.7 Å². The first-order valence-corrected chi connectivity index (χ1v) is 6.76. The molecule has 20 heavy (non-hydrogen) atoms. The van der Waals surface area contributed by atoms with E-state index in [4.69, 9.17) is 5.73 Å². The lowest BCUT2D eigenvalue weighted by Gasteiger charge is -2.28. The summed E-state index contributed by atoms with van der Waals surface area (Å²) in [5.41, 5.74) is 5.98. The Labute approximate surface area is 116 Å². The van der Waals surface area contributed by atoms with E-state index < -0.39 is 0 Å². The molecule has 0 bridgehead atoms. The minimum absolute atomic E-state index is 0.0243. The largest absolute Gasteiger partial charge is 0.418 e. The SMILES string of the molecule is CC1=c2ncccc2=[N+](C2CCN(C(N)=O)CC2)C1=O. The van der Waals surface area contributed by atoms with Crippen molar-refractivity contribution in [1.82, 2.24) is 14.5 Å². The van der Waals surface area contributed by atoms with Crippen LogP contribution >= 0.6 is 0 Å². The average molecular weight is 273 g/mol. The number of pyridine rings is 1. The zero-order valence-electron chi connectivity index (χ0n) is 11.4. The van der Waals surface area contributed by atoms with Gasteiger partial charge in [0.15, 0.2) is 6.04 Å². The van der Waals surface area contributed by atoms with Crippen LogP contribution in [0.1, 0.15) is 19.8 Å². The summed E-state index contributed by atoms with van der Waals surface area (Å²) in [5.74, 6) is 0.0243. The van der Waals surface area contributed by atoms with Gasteiger partial charge in [-0.1, -0.05) is 0 Å². The minimum atomic E-state index is -0.388. The number of amides is 3. The van der Waals surface area contributed by atoms with Crippen molar-refractivity contribution in [3.63, 3.8) is 0 Å². The summed E-state index contributed by atoms with van der Waals surface area (Å²) in [5, 5.41) is 1.65. The van der Waals surface area contributed by atoms with Crippen molar-refractivity contribution in [2.75, 3.05) is 13.1 Å². The quantitative estimate of drug-likeness (QED) is 0.655. The smallest absolute Gasteiger partial charge is 0.351 e. The third-order valence-corrected chi connectivity index (χ3v) is 4.08. The number of likely N-dealkylation sites (tertiary alicyclic amines) is 1. The number of urea groups is 1. The van der Waals surface area contributed by atoms with Gasteiger partial charge in [0.05, 0.1) is 5.57 Å². The highest BCUT2D eigenvalue weighted by molar-refractivity contribution is 6.14. The summed E-state index contributed by atoms with van der Waals surface area (Å²) in [4.78, 5) is 29.5. The van der Waals surface area contributed by atoms with Gasteiger partial charge in [-0.05, 0) is 13.0 Å². The molecule has 0 radical (unpaired) electrons. The Kier molecular flexibility index (Phi) is 3.00. The van der Waals surface area contributed by atoms with Gasteiger partial charge in [0.1, 0.15) is 5.35 Å². The van der Waals surface area contributed by atoms with Gasteiger partial charge < -0.3 is 10.6 Å². The molecule has 3 heterocycles. The first-order valence-electron chi connectivity index (χ1n) is 6.76. The van der Waals surface area contributed by atoms with E-state index in [2.05, 4.69) is 4.98 Å². The molecular formula is C14H17N4O2+. The van der Waals surface area contributed by atoms with Crippen LogP contribution in [-0.4, -0.2) is 41.0 Å². The molecule has 3 rings (SSSR count). The highest BCUT2D eigenvalue weighted by Gasteiger charge is 2.38. The molecule has 6 heteroatoms. The molecule has 0 atom stereocenters. The van der Waals surface area contributed by atoms with E-state index >= 15 is 0 Å². The molecule has 1 aromatic rings. The van der Waals surface area contributed by atoms with Gasteiger partial charge in [-0.2, -0.15) is 4.58 Å². The first-order chi connectivity index (χ1) is 9.59. The third-order valence-electron chi connectivity index (χ3n) is 4.08. The minimum Gasteiger partial charge on any atom is -0.351 e. The summed E-state index contributed by atoms with van der Waals surface area (Å²) in [6.07, 6.45) is 3.20. The second-order valence-electron chi connectivity index (χ2n) is 5.23. The number of primary amides is 1. The number of rotatable bonds is 1. The van der Waals surface area contributed by atoms with Crippen molar-refractivity contribution in [3.05, 3.63) is 29.0 Å². The molecule has 2 N–H and O–H groups in total. The van der Waals surface area contributed by atoms with Crippen molar-refractivity contribution >= 4 is 17.5 Å². The van der Waals surface area contributed by atoms with Crippen LogP contribution < -0.4 is 21.0 Å². The lowest BCUT2D eigenvalue weighted by molar-refractivity contribution is -0.118. The van der Waals surface area contributed by atoms with Crippen LogP contribution in [0.15, 0.2) is 18.3 Å². The summed E-state index contributed by atoms with van der Waals surface area (Å²) >= 11 is 0.